The maximum Gasteiger partial charge on any atom is 0.191 e. The molecule has 1 atom stereocenters. The molecule has 25 heavy (non-hydrogen) atoms. The van der Waals surface area contributed by atoms with Gasteiger partial charge in [-0.15, -0.1) is 24.0 Å². The van der Waals surface area contributed by atoms with E-state index in [1.807, 2.05) is 25.1 Å². The summed E-state index contributed by atoms with van der Waals surface area (Å²) in [6.45, 7) is 7.69. The van der Waals surface area contributed by atoms with Gasteiger partial charge in [0.05, 0.1) is 26.4 Å². The van der Waals surface area contributed by atoms with Crippen LogP contribution in [0.15, 0.2) is 23.2 Å². The fraction of sp³-hybridized carbons (Fsp3) is 0.611. The van der Waals surface area contributed by atoms with E-state index in [0.717, 1.165) is 55.6 Å². The number of methoxy groups -OCH3 is 1. The SMILES string of the molecule is CCNC(=NCc1ccc(OCC)c(OC)c1)NCC1CCCO1.I. The summed E-state index contributed by atoms with van der Waals surface area (Å²) < 4.78 is 16.6. The molecule has 2 rings (SSSR count). The highest BCUT2D eigenvalue weighted by molar-refractivity contribution is 14.0. The summed E-state index contributed by atoms with van der Waals surface area (Å²) in [6, 6.07) is 5.92. The van der Waals surface area contributed by atoms with E-state index in [1.165, 1.54) is 0 Å². The minimum Gasteiger partial charge on any atom is -0.493 e. The predicted octanol–water partition coefficient (Wildman–Crippen LogP) is 2.95. The largest absolute Gasteiger partial charge is 0.493 e. The lowest BCUT2D eigenvalue weighted by Gasteiger charge is -2.15. The molecule has 7 heteroatoms. The third kappa shape index (κ3) is 7.27. The molecule has 0 spiro atoms. The van der Waals surface area contributed by atoms with Crippen molar-refractivity contribution in [3.8, 4) is 11.5 Å². The number of ether oxygens (including phenoxy) is 3. The van der Waals surface area contributed by atoms with E-state index in [9.17, 15) is 0 Å². The molecule has 1 heterocycles. The number of hydrogen-bond donors (Lipinski definition) is 2. The third-order valence-electron chi connectivity index (χ3n) is 3.81. The quantitative estimate of drug-likeness (QED) is 0.353. The lowest BCUT2D eigenvalue weighted by Crippen LogP contribution is -2.41. The molecule has 2 N–H and O–H groups in total. The van der Waals surface area contributed by atoms with Crippen LogP contribution >= 0.6 is 24.0 Å². The van der Waals surface area contributed by atoms with Gasteiger partial charge in [-0.25, -0.2) is 4.99 Å². The molecule has 1 aliphatic heterocycles. The zero-order valence-electron chi connectivity index (χ0n) is 15.3. The minimum atomic E-state index is 0. The molecule has 1 aromatic rings. The van der Waals surface area contributed by atoms with Crippen molar-refractivity contribution in [2.45, 2.75) is 39.3 Å². The number of rotatable bonds is 8. The highest BCUT2D eigenvalue weighted by Gasteiger charge is 2.15. The first-order chi connectivity index (χ1) is 11.8. The summed E-state index contributed by atoms with van der Waals surface area (Å²) in [6.07, 6.45) is 2.55. The van der Waals surface area contributed by atoms with E-state index in [0.29, 0.717) is 19.3 Å². The Labute approximate surface area is 167 Å². The molecule has 1 saturated heterocycles. The molecule has 6 nitrogen and oxygen atoms in total. The number of hydrogen-bond acceptors (Lipinski definition) is 4. The second kappa shape index (κ2) is 12.2. The van der Waals surface area contributed by atoms with Gasteiger partial charge >= 0.3 is 0 Å². The zero-order chi connectivity index (χ0) is 17.2. The van der Waals surface area contributed by atoms with Gasteiger partial charge in [-0.3, -0.25) is 0 Å². The molecule has 0 saturated carbocycles. The Balaban J connectivity index is 0.00000312. The molecule has 142 valence electrons. The van der Waals surface area contributed by atoms with Gasteiger partial charge in [0, 0.05) is 19.7 Å². The van der Waals surface area contributed by atoms with Crippen LogP contribution in [-0.2, 0) is 11.3 Å². The van der Waals surface area contributed by atoms with E-state index < -0.39 is 0 Å². The number of nitrogens with one attached hydrogen (secondary N) is 2. The van der Waals surface area contributed by atoms with Gasteiger partial charge in [0.2, 0.25) is 0 Å². The first-order valence-corrected chi connectivity index (χ1v) is 8.70. The Morgan fingerprint density at radius 1 is 1.28 bits per heavy atom. The van der Waals surface area contributed by atoms with Crippen molar-refractivity contribution < 1.29 is 14.2 Å². The van der Waals surface area contributed by atoms with Crippen LogP contribution < -0.4 is 20.1 Å². The molecule has 0 aromatic heterocycles. The average Bonchev–Trinajstić information content (AvgIpc) is 3.12. The molecule has 1 fully saturated rings. The van der Waals surface area contributed by atoms with E-state index in [-0.39, 0.29) is 24.0 Å². The lowest BCUT2D eigenvalue weighted by molar-refractivity contribution is 0.114. The Bertz CT molecular complexity index is 534. The number of benzene rings is 1. The molecule has 1 unspecified atom stereocenters. The van der Waals surface area contributed by atoms with Crippen molar-refractivity contribution >= 4 is 29.9 Å². The molecular weight excluding hydrogens is 433 g/mol. The number of nitrogens with zero attached hydrogens (tertiary/aromatic N) is 1. The van der Waals surface area contributed by atoms with Crippen molar-refractivity contribution in [1.29, 1.82) is 0 Å². The number of halogens is 1. The van der Waals surface area contributed by atoms with Crippen molar-refractivity contribution in [3.63, 3.8) is 0 Å². The van der Waals surface area contributed by atoms with Crippen molar-refractivity contribution in [2.24, 2.45) is 4.99 Å². The Kier molecular flexibility index (Phi) is 10.6. The van der Waals surface area contributed by atoms with Gasteiger partial charge in [-0.2, -0.15) is 0 Å². The fourth-order valence-corrected chi connectivity index (χ4v) is 2.61. The van der Waals surface area contributed by atoms with Crippen LogP contribution in [-0.4, -0.2) is 45.5 Å². The van der Waals surface area contributed by atoms with Crippen LogP contribution in [0.5, 0.6) is 11.5 Å². The van der Waals surface area contributed by atoms with E-state index >= 15 is 0 Å². The molecule has 0 radical (unpaired) electrons. The topological polar surface area (TPSA) is 64.1 Å². The molecule has 0 bridgehead atoms. The summed E-state index contributed by atoms with van der Waals surface area (Å²) in [7, 11) is 1.65. The van der Waals surface area contributed by atoms with Gasteiger partial charge in [0.1, 0.15) is 0 Å². The van der Waals surface area contributed by atoms with Crippen LogP contribution in [0.25, 0.3) is 0 Å². The van der Waals surface area contributed by atoms with Gasteiger partial charge in [0.15, 0.2) is 17.5 Å². The Hall–Kier alpha value is -1.22. The summed E-state index contributed by atoms with van der Waals surface area (Å²) >= 11 is 0. The van der Waals surface area contributed by atoms with Gasteiger partial charge < -0.3 is 24.8 Å². The van der Waals surface area contributed by atoms with Crippen LogP contribution in [0, 0.1) is 0 Å². The maximum atomic E-state index is 5.63. The van der Waals surface area contributed by atoms with Crippen molar-refractivity contribution in [1.82, 2.24) is 10.6 Å². The zero-order valence-corrected chi connectivity index (χ0v) is 17.7. The number of guanidine groups is 1. The van der Waals surface area contributed by atoms with Gasteiger partial charge in [-0.05, 0) is 44.4 Å². The van der Waals surface area contributed by atoms with Crippen LogP contribution in [0.4, 0.5) is 0 Å². The smallest absolute Gasteiger partial charge is 0.191 e. The first kappa shape index (κ1) is 21.8. The Morgan fingerprint density at radius 3 is 2.76 bits per heavy atom. The highest BCUT2D eigenvalue weighted by atomic mass is 127. The monoisotopic (exact) mass is 463 g/mol. The maximum absolute atomic E-state index is 5.63. The van der Waals surface area contributed by atoms with Crippen LogP contribution in [0.3, 0.4) is 0 Å². The molecule has 1 aliphatic rings. The third-order valence-corrected chi connectivity index (χ3v) is 3.81. The summed E-state index contributed by atoms with van der Waals surface area (Å²) in [4.78, 5) is 4.64. The van der Waals surface area contributed by atoms with Crippen LogP contribution in [0.1, 0.15) is 32.3 Å². The first-order valence-electron chi connectivity index (χ1n) is 8.70. The van der Waals surface area contributed by atoms with Gasteiger partial charge in [-0.1, -0.05) is 6.07 Å². The fourth-order valence-electron chi connectivity index (χ4n) is 2.61. The summed E-state index contributed by atoms with van der Waals surface area (Å²) in [5.74, 6) is 2.30. The van der Waals surface area contributed by atoms with E-state index in [1.54, 1.807) is 7.11 Å². The van der Waals surface area contributed by atoms with Crippen LogP contribution in [0.2, 0.25) is 0 Å². The van der Waals surface area contributed by atoms with Crippen molar-refractivity contribution in [3.05, 3.63) is 23.8 Å². The van der Waals surface area contributed by atoms with Gasteiger partial charge in [0.25, 0.3) is 0 Å². The Morgan fingerprint density at radius 2 is 2.12 bits per heavy atom. The van der Waals surface area contributed by atoms with E-state index in [4.69, 9.17) is 14.2 Å². The second-order valence-electron chi connectivity index (χ2n) is 5.63. The van der Waals surface area contributed by atoms with E-state index in [2.05, 4.69) is 22.5 Å². The lowest BCUT2D eigenvalue weighted by atomic mass is 10.2. The second-order valence-corrected chi connectivity index (χ2v) is 5.63. The number of aliphatic imine (C=N–C) groups is 1. The summed E-state index contributed by atoms with van der Waals surface area (Å²) in [5, 5.41) is 6.62. The standard InChI is InChI=1S/C18H29N3O3.HI/c1-4-19-18(21-13-15-7-6-10-24-15)20-12-14-8-9-16(23-5-2)17(11-14)22-3;/h8-9,11,15H,4-7,10,12-13H2,1-3H3,(H2,19,20,21);1H. The van der Waals surface area contributed by atoms with Crippen molar-refractivity contribution in [2.75, 3.05) is 33.4 Å². The average molecular weight is 463 g/mol. The molecule has 1 aromatic carbocycles. The molecule has 0 aliphatic carbocycles. The normalized spacial score (nSPS) is 16.9. The predicted molar refractivity (Wildman–Crippen MR) is 111 cm³/mol. The highest BCUT2D eigenvalue weighted by Crippen LogP contribution is 2.28. The molecular formula is C18H30IN3O3. The molecule has 0 amide bonds. The summed E-state index contributed by atoms with van der Waals surface area (Å²) in [5.41, 5.74) is 1.07. The minimum absolute atomic E-state index is 0.